The van der Waals surface area contributed by atoms with E-state index in [-0.39, 0.29) is 24.8 Å². The van der Waals surface area contributed by atoms with Crippen LogP contribution in [0.2, 0.25) is 0 Å². The first-order chi connectivity index (χ1) is 6.06. The first kappa shape index (κ1) is 14.2. The molecule has 0 aliphatic heterocycles. The highest BCUT2D eigenvalue weighted by Crippen LogP contribution is 2.33. The Balaban J connectivity index is 0.00000169. The summed E-state index contributed by atoms with van der Waals surface area (Å²) < 4.78 is 1.44. The van der Waals surface area contributed by atoms with E-state index in [0.717, 1.165) is 4.47 Å². The Hall–Kier alpha value is 0.190. The van der Waals surface area contributed by atoms with Gasteiger partial charge in [0, 0.05) is 14.5 Å². The van der Waals surface area contributed by atoms with E-state index in [9.17, 15) is 5.11 Å². The quantitative estimate of drug-likeness (QED) is 0.769. The topological polar surface area (TPSA) is 66.5 Å². The number of phenolic OH excluding ortho intramolecular Hbond substituents is 1. The van der Waals surface area contributed by atoms with Crippen molar-refractivity contribution >= 4 is 44.3 Å². The number of hydrogen-bond acceptors (Lipinski definition) is 3. The first-order valence-corrected chi connectivity index (χ1v) is 5.19. The molecule has 0 radical (unpaired) electrons. The van der Waals surface area contributed by atoms with Crippen LogP contribution in [-0.4, -0.2) is 16.8 Å². The number of aliphatic hydroxyl groups is 1. The minimum absolute atomic E-state index is 0. The first-order valence-electron chi connectivity index (χ1n) is 3.60. The molecule has 1 rings (SSSR count). The third kappa shape index (κ3) is 3.10. The van der Waals surface area contributed by atoms with Crippen LogP contribution in [0.3, 0.4) is 0 Å². The molecule has 0 aliphatic rings. The standard InChI is InChI=1S/C8H9Br2NO2.ClH/c9-4-1-5(10)8(6(11)3-12)7(13)2-4;/h1-2,6,12-13H,3,11H2;1H/t6-;/m0./s1. The zero-order valence-corrected chi connectivity index (χ0v) is 11.1. The lowest BCUT2D eigenvalue weighted by Crippen LogP contribution is -2.15. The monoisotopic (exact) mass is 345 g/mol. The second kappa shape index (κ2) is 5.92. The van der Waals surface area contributed by atoms with Gasteiger partial charge >= 0.3 is 0 Å². The number of hydrogen-bond donors (Lipinski definition) is 3. The number of halogens is 3. The van der Waals surface area contributed by atoms with Gasteiger partial charge in [0.25, 0.3) is 0 Å². The molecule has 6 heteroatoms. The van der Waals surface area contributed by atoms with E-state index < -0.39 is 6.04 Å². The molecule has 0 amide bonds. The molecular weight excluding hydrogens is 337 g/mol. The zero-order valence-electron chi connectivity index (χ0n) is 7.08. The van der Waals surface area contributed by atoms with Crippen LogP contribution in [-0.2, 0) is 0 Å². The molecule has 14 heavy (non-hydrogen) atoms. The van der Waals surface area contributed by atoms with Crippen molar-refractivity contribution in [1.82, 2.24) is 0 Å². The number of rotatable bonds is 2. The van der Waals surface area contributed by atoms with Crippen molar-refractivity contribution in [2.75, 3.05) is 6.61 Å². The molecule has 0 saturated carbocycles. The third-order valence-corrected chi connectivity index (χ3v) is 2.75. The lowest BCUT2D eigenvalue weighted by atomic mass is 10.1. The average molecular weight is 347 g/mol. The average Bonchev–Trinajstić information content (AvgIpc) is 2.02. The Bertz CT molecular complexity index is 299. The van der Waals surface area contributed by atoms with Gasteiger partial charge in [0.1, 0.15) is 5.75 Å². The summed E-state index contributed by atoms with van der Waals surface area (Å²) in [6.45, 7) is -0.201. The number of benzene rings is 1. The molecule has 0 heterocycles. The summed E-state index contributed by atoms with van der Waals surface area (Å²) in [4.78, 5) is 0. The molecule has 0 unspecified atom stereocenters. The van der Waals surface area contributed by atoms with E-state index in [1.54, 1.807) is 6.07 Å². The molecule has 0 bridgehead atoms. The van der Waals surface area contributed by atoms with Gasteiger partial charge in [-0.2, -0.15) is 0 Å². The van der Waals surface area contributed by atoms with Crippen molar-refractivity contribution in [3.63, 3.8) is 0 Å². The molecule has 0 saturated heterocycles. The van der Waals surface area contributed by atoms with E-state index in [4.69, 9.17) is 10.8 Å². The van der Waals surface area contributed by atoms with Crippen LogP contribution >= 0.6 is 44.3 Å². The van der Waals surface area contributed by atoms with E-state index in [0.29, 0.717) is 10.0 Å². The molecule has 0 aliphatic carbocycles. The maximum Gasteiger partial charge on any atom is 0.122 e. The maximum atomic E-state index is 9.52. The second-order valence-corrected chi connectivity index (χ2v) is 4.38. The van der Waals surface area contributed by atoms with Crippen molar-refractivity contribution < 1.29 is 10.2 Å². The summed E-state index contributed by atoms with van der Waals surface area (Å²) in [5.41, 5.74) is 6.11. The van der Waals surface area contributed by atoms with E-state index in [2.05, 4.69) is 31.9 Å². The molecule has 4 N–H and O–H groups in total. The van der Waals surface area contributed by atoms with Gasteiger partial charge in [0.05, 0.1) is 12.6 Å². The van der Waals surface area contributed by atoms with E-state index in [1.165, 1.54) is 6.07 Å². The number of nitrogens with two attached hydrogens (primary N) is 1. The molecule has 1 aromatic rings. The molecule has 80 valence electrons. The van der Waals surface area contributed by atoms with Crippen LogP contribution < -0.4 is 5.73 Å². The molecule has 3 nitrogen and oxygen atoms in total. The summed E-state index contributed by atoms with van der Waals surface area (Å²) in [6.07, 6.45) is 0. The molecule has 1 atom stereocenters. The normalized spacial score (nSPS) is 12.0. The van der Waals surface area contributed by atoms with Gasteiger partial charge in [0.15, 0.2) is 0 Å². The molecule has 0 spiro atoms. The maximum absolute atomic E-state index is 9.52. The largest absolute Gasteiger partial charge is 0.508 e. The zero-order chi connectivity index (χ0) is 10.0. The number of phenols is 1. The van der Waals surface area contributed by atoms with Crippen LogP contribution in [0, 0.1) is 0 Å². The smallest absolute Gasteiger partial charge is 0.122 e. The fourth-order valence-corrected chi connectivity index (χ4v) is 2.53. The van der Waals surface area contributed by atoms with Gasteiger partial charge in [-0.3, -0.25) is 0 Å². The van der Waals surface area contributed by atoms with Gasteiger partial charge < -0.3 is 15.9 Å². The number of aliphatic hydroxyl groups excluding tert-OH is 1. The Kier molecular flexibility index (Phi) is 6.00. The highest BCUT2D eigenvalue weighted by molar-refractivity contribution is 9.11. The van der Waals surface area contributed by atoms with Crippen molar-refractivity contribution in [3.05, 3.63) is 26.6 Å². The van der Waals surface area contributed by atoms with Crippen LogP contribution in [0.4, 0.5) is 0 Å². The molecule has 1 aromatic carbocycles. The molecule has 0 fully saturated rings. The van der Waals surface area contributed by atoms with Crippen LogP contribution in [0.15, 0.2) is 21.1 Å². The Labute approximate surface area is 105 Å². The molecular formula is C8H10Br2ClNO2. The summed E-state index contributed by atoms with van der Waals surface area (Å²) in [7, 11) is 0. The Morgan fingerprint density at radius 1 is 1.36 bits per heavy atom. The summed E-state index contributed by atoms with van der Waals surface area (Å²) in [5.74, 6) is 0.0720. The highest BCUT2D eigenvalue weighted by Gasteiger charge is 2.14. The van der Waals surface area contributed by atoms with Gasteiger partial charge in [-0.05, 0) is 12.1 Å². The summed E-state index contributed by atoms with van der Waals surface area (Å²) in [6, 6.07) is 2.74. The minimum Gasteiger partial charge on any atom is -0.508 e. The van der Waals surface area contributed by atoms with Crippen LogP contribution in [0.1, 0.15) is 11.6 Å². The van der Waals surface area contributed by atoms with E-state index >= 15 is 0 Å². The third-order valence-electron chi connectivity index (χ3n) is 1.64. The van der Waals surface area contributed by atoms with Crippen molar-refractivity contribution in [3.8, 4) is 5.75 Å². The van der Waals surface area contributed by atoms with Gasteiger partial charge in [-0.1, -0.05) is 31.9 Å². The lowest BCUT2D eigenvalue weighted by Gasteiger charge is -2.13. The van der Waals surface area contributed by atoms with Crippen molar-refractivity contribution in [2.45, 2.75) is 6.04 Å². The predicted octanol–water partition coefficient (Wildman–Crippen LogP) is 2.33. The highest BCUT2D eigenvalue weighted by atomic mass is 79.9. The van der Waals surface area contributed by atoms with Gasteiger partial charge in [0.2, 0.25) is 0 Å². The van der Waals surface area contributed by atoms with Crippen molar-refractivity contribution in [1.29, 1.82) is 0 Å². The second-order valence-electron chi connectivity index (χ2n) is 2.61. The van der Waals surface area contributed by atoms with Crippen LogP contribution in [0.25, 0.3) is 0 Å². The minimum atomic E-state index is -0.567. The number of aromatic hydroxyl groups is 1. The fraction of sp³-hybridized carbons (Fsp3) is 0.250. The lowest BCUT2D eigenvalue weighted by molar-refractivity contribution is 0.265. The SMILES string of the molecule is Cl.N[C@@H](CO)c1c(O)cc(Br)cc1Br. The predicted molar refractivity (Wildman–Crippen MR) is 64.8 cm³/mol. The summed E-state index contributed by atoms with van der Waals surface area (Å²) in [5, 5.41) is 18.4. The Morgan fingerprint density at radius 2 is 1.93 bits per heavy atom. The Morgan fingerprint density at radius 3 is 2.36 bits per heavy atom. The van der Waals surface area contributed by atoms with Gasteiger partial charge in [-0.25, -0.2) is 0 Å². The fourth-order valence-electron chi connectivity index (χ4n) is 1.03. The van der Waals surface area contributed by atoms with Gasteiger partial charge in [-0.15, -0.1) is 12.4 Å². The van der Waals surface area contributed by atoms with Crippen LogP contribution in [0.5, 0.6) is 5.75 Å². The molecule has 0 aromatic heterocycles. The summed E-state index contributed by atoms with van der Waals surface area (Å²) >= 11 is 6.48. The van der Waals surface area contributed by atoms with E-state index in [1.807, 2.05) is 0 Å². The van der Waals surface area contributed by atoms with Crippen molar-refractivity contribution in [2.24, 2.45) is 5.73 Å².